The third-order valence-electron chi connectivity index (χ3n) is 6.86. The molecule has 4 aromatic rings. The second-order valence-electron chi connectivity index (χ2n) is 11.6. The summed E-state index contributed by atoms with van der Waals surface area (Å²) in [5, 5.41) is 15.0. The number of amides is 2. The molecule has 0 unspecified atom stereocenters. The van der Waals surface area contributed by atoms with Crippen molar-refractivity contribution in [3.8, 4) is 22.2 Å². The van der Waals surface area contributed by atoms with Crippen molar-refractivity contribution in [2.24, 2.45) is 5.92 Å². The molecule has 0 bridgehead atoms. The number of carbonyl (C=O) groups is 2. The first kappa shape index (κ1) is 32.6. The largest absolute Gasteiger partial charge is 0.444 e. The normalized spacial score (nSPS) is 15.3. The molecule has 1 aliphatic heterocycles. The second kappa shape index (κ2) is 13.7. The van der Waals surface area contributed by atoms with E-state index in [1.807, 2.05) is 0 Å². The van der Waals surface area contributed by atoms with Gasteiger partial charge in [-0.05, 0) is 63.8 Å². The van der Waals surface area contributed by atoms with Gasteiger partial charge in [0.25, 0.3) is 5.91 Å². The quantitative estimate of drug-likeness (QED) is 0.210. The molecule has 1 atom stereocenters. The topological polar surface area (TPSA) is 131 Å². The first-order valence-electron chi connectivity index (χ1n) is 14.5. The van der Waals surface area contributed by atoms with Crippen LogP contribution in [0.3, 0.4) is 0 Å². The lowest BCUT2D eigenvalue weighted by molar-refractivity contribution is -0.138. The Balaban J connectivity index is 1.48. The van der Waals surface area contributed by atoms with Gasteiger partial charge in [0.1, 0.15) is 27.6 Å². The first-order valence-corrected chi connectivity index (χ1v) is 15.3. The number of ether oxygens (including phenoxy) is 2. The van der Waals surface area contributed by atoms with Crippen LogP contribution in [-0.4, -0.2) is 57.4 Å². The van der Waals surface area contributed by atoms with Gasteiger partial charge >= 0.3 is 12.3 Å². The van der Waals surface area contributed by atoms with Crippen LogP contribution in [0.4, 0.5) is 29.3 Å². The first-order chi connectivity index (χ1) is 21.9. The minimum absolute atomic E-state index is 0.0191. The molecule has 2 amide bonds. The van der Waals surface area contributed by atoms with Crippen LogP contribution in [0.2, 0.25) is 0 Å². The highest BCUT2D eigenvalue weighted by atomic mass is 32.1. The van der Waals surface area contributed by atoms with E-state index in [2.05, 4.69) is 30.8 Å². The molecule has 3 aromatic heterocycles. The summed E-state index contributed by atoms with van der Waals surface area (Å²) in [5.41, 5.74) is -1.38. The third-order valence-corrected chi connectivity index (χ3v) is 7.75. The van der Waals surface area contributed by atoms with Crippen molar-refractivity contribution in [2.45, 2.75) is 45.4 Å². The Morgan fingerprint density at radius 2 is 1.91 bits per heavy atom. The van der Waals surface area contributed by atoms with Crippen LogP contribution in [0, 0.1) is 5.92 Å². The van der Waals surface area contributed by atoms with Gasteiger partial charge in [0, 0.05) is 42.8 Å². The fourth-order valence-electron chi connectivity index (χ4n) is 4.97. The molecule has 4 heterocycles. The number of thiazole rings is 1. The van der Waals surface area contributed by atoms with Crippen molar-refractivity contribution >= 4 is 34.7 Å². The number of aromatic nitrogens is 4. The van der Waals surface area contributed by atoms with Crippen molar-refractivity contribution in [3.63, 3.8) is 0 Å². The minimum Gasteiger partial charge on any atom is -0.444 e. The molecular weight excluding hydrogens is 623 g/mol. The van der Waals surface area contributed by atoms with E-state index in [0.29, 0.717) is 23.4 Å². The highest BCUT2D eigenvalue weighted by Crippen LogP contribution is 2.48. The van der Waals surface area contributed by atoms with E-state index in [9.17, 15) is 22.8 Å². The molecule has 1 saturated heterocycles. The number of piperidine rings is 1. The summed E-state index contributed by atoms with van der Waals surface area (Å²) in [6.45, 7) is 5.87. The molecule has 0 spiro atoms. The van der Waals surface area contributed by atoms with Crippen LogP contribution >= 0.6 is 11.3 Å². The summed E-state index contributed by atoms with van der Waals surface area (Å²) >= 11 is 1.19. The monoisotopic (exact) mass is 655 g/mol. The fraction of sp³-hybridized carbons (Fsp3) is 0.355. The van der Waals surface area contributed by atoms with Gasteiger partial charge in [-0.3, -0.25) is 4.79 Å². The molecule has 0 aliphatic carbocycles. The molecule has 0 saturated carbocycles. The molecule has 46 heavy (non-hydrogen) atoms. The number of nitrogens with one attached hydrogen (secondary N) is 2. The predicted molar refractivity (Wildman–Crippen MR) is 166 cm³/mol. The maximum absolute atomic E-state index is 15.0. The van der Waals surface area contributed by atoms with E-state index in [1.54, 1.807) is 43.9 Å². The maximum Gasteiger partial charge on any atom is 0.422 e. The van der Waals surface area contributed by atoms with Crippen molar-refractivity contribution in [1.82, 2.24) is 25.5 Å². The summed E-state index contributed by atoms with van der Waals surface area (Å²) in [6.07, 6.45) is 0.143. The van der Waals surface area contributed by atoms with Crippen LogP contribution in [0.5, 0.6) is 11.6 Å². The van der Waals surface area contributed by atoms with Crippen LogP contribution in [-0.2, 0) is 10.9 Å². The van der Waals surface area contributed by atoms with Gasteiger partial charge in [0.2, 0.25) is 5.88 Å². The van der Waals surface area contributed by atoms with E-state index in [4.69, 9.17) is 9.47 Å². The number of alkyl halides is 3. The molecule has 1 fully saturated rings. The van der Waals surface area contributed by atoms with Crippen molar-refractivity contribution in [1.29, 1.82) is 0 Å². The molecule has 11 nitrogen and oxygen atoms in total. The Bertz CT molecular complexity index is 1660. The summed E-state index contributed by atoms with van der Waals surface area (Å²) in [6, 6.07) is 8.90. The Kier molecular flexibility index (Phi) is 9.70. The number of anilines is 2. The van der Waals surface area contributed by atoms with Crippen LogP contribution < -0.4 is 20.3 Å². The average Bonchev–Trinajstić information content (AvgIpc) is 3.51. The molecule has 1 aliphatic rings. The average molecular weight is 656 g/mol. The zero-order chi connectivity index (χ0) is 32.9. The Morgan fingerprint density at radius 3 is 2.61 bits per heavy atom. The Labute approximate surface area is 267 Å². The summed E-state index contributed by atoms with van der Waals surface area (Å²) < 4.78 is 55.9. The molecule has 5 rings (SSSR count). The molecule has 2 N–H and O–H groups in total. The van der Waals surface area contributed by atoms with Crippen LogP contribution in [0.15, 0.2) is 60.4 Å². The second-order valence-corrected chi connectivity index (χ2v) is 12.4. The van der Waals surface area contributed by atoms with Gasteiger partial charge in [-0.25, -0.2) is 14.8 Å². The zero-order valence-electron chi connectivity index (χ0n) is 25.3. The molecule has 1 aromatic carbocycles. The summed E-state index contributed by atoms with van der Waals surface area (Å²) in [4.78, 5) is 35.6. The van der Waals surface area contributed by atoms with Gasteiger partial charge < -0.3 is 25.0 Å². The fourth-order valence-corrected chi connectivity index (χ4v) is 5.76. The van der Waals surface area contributed by atoms with Crippen LogP contribution in [0.25, 0.3) is 10.6 Å². The number of halogens is 3. The van der Waals surface area contributed by atoms with E-state index in [0.717, 1.165) is 6.07 Å². The van der Waals surface area contributed by atoms with Gasteiger partial charge in [-0.1, -0.05) is 6.07 Å². The zero-order valence-corrected chi connectivity index (χ0v) is 26.1. The number of hydrogen-bond acceptors (Lipinski definition) is 10. The molecular formula is C31H32F3N7O4S. The third kappa shape index (κ3) is 8.27. The number of alkyl carbamates (subject to hydrolysis) is 1. The maximum atomic E-state index is 15.0. The van der Waals surface area contributed by atoms with E-state index in [1.165, 1.54) is 47.4 Å². The van der Waals surface area contributed by atoms with E-state index < -0.39 is 35.1 Å². The Morgan fingerprint density at radius 1 is 1.09 bits per heavy atom. The Hall–Kier alpha value is -4.79. The highest BCUT2D eigenvalue weighted by Gasteiger charge is 2.41. The number of nitrogens with zero attached hydrogens (tertiary/aromatic N) is 5. The standard InChI is InChI=1S/C31H32F3N7O4S/c1-30(2,3)45-29(43)36-15-19-7-6-14-41(17-19)26-21(39-27(42)22-18-46-28(40-22)20-11-13-37-38-16-20)9-10-23(25(26)31(32,33)34)44-24-8-4-5-12-35-24/h4-5,8-13,16,18-19H,6-7,14-15,17H2,1-3H3,(H,36,43)(H,39,42)/t19-/m0/s1. The van der Waals surface area contributed by atoms with Crippen molar-refractivity contribution < 1.29 is 32.2 Å². The van der Waals surface area contributed by atoms with Gasteiger partial charge in [0.05, 0.1) is 23.8 Å². The molecule has 242 valence electrons. The van der Waals surface area contributed by atoms with Gasteiger partial charge in [-0.15, -0.1) is 11.3 Å². The lowest BCUT2D eigenvalue weighted by Crippen LogP contribution is -2.43. The van der Waals surface area contributed by atoms with Crippen molar-refractivity contribution in [2.75, 3.05) is 29.9 Å². The SMILES string of the molecule is CC(C)(C)OC(=O)NC[C@@H]1CCCN(c2c(NC(=O)c3csc(-c4ccnnc4)n3)ccc(Oc3ccccn3)c2C(F)(F)F)C1. The number of rotatable bonds is 8. The lowest BCUT2D eigenvalue weighted by atomic mass is 9.96. The van der Waals surface area contributed by atoms with Gasteiger partial charge in [0.15, 0.2) is 0 Å². The summed E-state index contributed by atoms with van der Waals surface area (Å²) in [7, 11) is 0. The minimum atomic E-state index is -4.87. The number of benzene rings is 1. The number of carbonyl (C=O) groups excluding carboxylic acids is 2. The van der Waals surface area contributed by atoms with E-state index >= 15 is 0 Å². The summed E-state index contributed by atoms with van der Waals surface area (Å²) in [5.74, 6) is -1.36. The number of hydrogen-bond donors (Lipinski definition) is 2. The molecule has 0 radical (unpaired) electrons. The van der Waals surface area contributed by atoms with Crippen LogP contribution in [0.1, 0.15) is 49.7 Å². The van der Waals surface area contributed by atoms with Gasteiger partial charge in [-0.2, -0.15) is 23.4 Å². The predicted octanol–water partition coefficient (Wildman–Crippen LogP) is 6.80. The smallest absolute Gasteiger partial charge is 0.422 e. The molecule has 15 heteroatoms. The highest BCUT2D eigenvalue weighted by molar-refractivity contribution is 7.13. The van der Waals surface area contributed by atoms with Crippen molar-refractivity contribution in [3.05, 3.63) is 71.6 Å². The lowest BCUT2D eigenvalue weighted by Gasteiger charge is -2.37. The number of pyridine rings is 1. The van der Waals surface area contributed by atoms with E-state index in [-0.39, 0.29) is 48.5 Å².